The summed E-state index contributed by atoms with van der Waals surface area (Å²) in [5.74, 6) is -0.357. The van der Waals surface area contributed by atoms with E-state index in [9.17, 15) is 18.0 Å². The van der Waals surface area contributed by atoms with Crippen molar-refractivity contribution in [3.8, 4) is 5.75 Å². The highest BCUT2D eigenvalue weighted by molar-refractivity contribution is 5.64. The number of halogens is 3. The molecule has 0 aliphatic heterocycles. The normalized spacial score (nSPS) is 12.9. The fourth-order valence-electron chi connectivity index (χ4n) is 1.23. The van der Waals surface area contributed by atoms with Crippen molar-refractivity contribution in [2.24, 2.45) is 5.73 Å². The van der Waals surface area contributed by atoms with Crippen LogP contribution in [0.25, 0.3) is 0 Å². The van der Waals surface area contributed by atoms with Crippen molar-refractivity contribution >= 4 is 6.09 Å². The molecule has 0 bridgehead atoms. The number of benzene rings is 1. The summed E-state index contributed by atoms with van der Waals surface area (Å²) in [6, 6.07) is 4.28. The molecule has 1 aromatic carbocycles. The summed E-state index contributed by atoms with van der Waals surface area (Å²) in [6.45, 7) is -0.0329. The van der Waals surface area contributed by atoms with Gasteiger partial charge in [-0.05, 0) is 17.7 Å². The van der Waals surface area contributed by atoms with Crippen LogP contribution in [0.2, 0.25) is 0 Å². The second-order valence-corrected chi connectivity index (χ2v) is 3.41. The number of nitrogens with two attached hydrogens (primary N) is 1. The van der Waals surface area contributed by atoms with Crippen LogP contribution >= 0.6 is 0 Å². The van der Waals surface area contributed by atoms with Crippen LogP contribution in [0, 0.1) is 0 Å². The van der Waals surface area contributed by atoms with Gasteiger partial charge in [0.1, 0.15) is 5.75 Å². The molecule has 1 aromatic rings. The number of nitrogens with one attached hydrogen (secondary N) is 1. The van der Waals surface area contributed by atoms with E-state index in [0.717, 1.165) is 12.1 Å². The molecule has 0 heterocycles. The number of carboxylic acid groups (broad SMARTS) is 1. The first-order chi connectivity index (χ1) is 8.28. The third-order valence-corrected chi connectivity index (χ3v) is 2.02. The maximum absolute atomic E-state index is 11.9. The maximum Gasteiger partial charge on any atom is 0.573 e. The molecule has 0 aromatic heterocycles. The molecule has 0 fully saturated rings. The number of hydrogen-bond acceptors (Lipinski definition) is 3. The van der Waals surface area contributed by atoms with Gasteiger partial charge in [0.05, 0.1) is 0 Å². The van der Waals surface area contributed by atoms with E-state index < -0.39 is 18.5 Å². The Morgan fingerprint density at radius 3 is 2.39 bits per heavy atom. The van der Waals surface area contributed by atoms with Crippen molar-refractivity contribution < 1.29 is 27.8 Å². The Balaban J connectivity index is 2.62. The van der Waals surface area contributed by atoms with Crippen LogP contribution in [0.4, 0.5) is 18.0 Å². The van der Waals surface area contributed by atoms with E-state index in [0.29, 0.717) is 5.56 Å². The SMILES string of the molecule is NC(CNC(=O)O)c1ccc(OC(F)(F)F)cc1. The first-order valence-corrected chi connectivity index (χ1v) is 4.86. The molecule has 0 radical (unpaired) electrons. The van der Waals surface area contributed by atoms with Gasteiger partial charge in [0.25, 0.3) is 0 Å². The van der Waals surface area contributed by atoms with Crippen LogP contribution in [-0.4, -0.2) is 24.1 Å². The molecular weight excluding hydrogens is 253 g/mol. The van der Waals surface area contributed by atoms with Crippen LogP contribution < -0.4 is 15.8 Å². The van der Waals surface area contributed by atoms with Gasteiger partial charge in [0, 0.05) is 12.6 Å². The van der Waals surface area contributed by atoms with E-state index in [1.165, 1.54) is 12.1 Å². The number of ether oxygens (including phenoxy) is 1. The number of hydrogen-bond donors (Lipinski definition) is 3. The second-order valence-electron chi connectivity index (χ2n) is 3.41. The largest absolute Gasteiger partial charge is 0.573 e. The van der Waals surface area contributed by atoms with Crippen molar-refractivity contribution in [3.63, 3.8) is 0 Å². The van der Waals surface area contributed by atoms with E-state index in [1.807, 2.05) is 0 Å². The number of amides is 1. The third kappa shape index (κ3) is 4.91. The van der Waals surface area contributed by atoms with Crippen molar-refractivity contribution in [2.45, 2.75) is 12.4 Å². The Labute approximate surface area is 100 Å². The summed E-state index contributed by atoms with van der Waals surface area (Å²) < 4.78 is 39.3. The van der Waals surface area contributed by atoms with Crippen molar-refractivity contribution in [1.82, 2.24) is 5.32 Å². The molecule has 4 N–H and O–H groups in total. The lowest BCUT2D eigenvalue weighted by molar-refractivity contribution is -0.274. The van der Waals surface area contributed by atoms with Crippen LogP contribution in [0.15, 0.2) is 24.3 Å². The summed E-state index contributed by atoms with van der Waals surface area (Å²) in [4.78, 5) is 10.2. The molecule has 0 saturated carbocycles. The van der Waals surface area contributed by atoms with Gasteiger partial charge in [0.15, 0.2) is 0 Å². The van der Waals surface area contributed by atoms with Crippen LogP contribution in [0.3, 0.4) is 0 Å². The Hall–Kier alpha value is -1.96. The fourth-order valence-corrected chi connectivity index (χ4v) is 1.23. The predicted octanol–water partition coefficient (Wildman–Crippen LogP) is 1.85. The summed E-state index contributed by atoms with van der Waals surface area (Å²) in [5.41, 5.74) is 6.13. The van der Waals surface area contributed by atoms with Crippen molar-refractivity contribution in [2.75, 3.05) is 6.54 Å². The average molecular weight is 264 g/mol. The maximum atomic E-state index is 11.9. The minimum Gasteiger partial charge on any atom is -0.465 e. The minimum atomic E-state index is -4.74. The summed E-state index contributed by atoms with van der Waals surface area (Å²) in [7, 11) is 0. The lowest BCUT2D eigenvalue weighted by atomic mass is 10.1. The summed E-state index contributed by atoms with van der Waals surface area (Å²) >= 11 is 0. The first-order valence-electron chi connectivity index (χ1n) is 4.86. The molecule has 18 heavy (non-hydrogen) atoms. The number of carbonyl (C=O) groups is 1. The van der Waals surface area contributed by atoms with E-state index >= 15 is 0 Å². The molecule has 8 heteroatoms. The molecule has 0 spiro atoms. The lowest BCUT2D eigenvalue weighted by Gasteiger charge is -2.13. The molecule has 5 nitrogen and oxygen atoms in total. The zero-order chi connectivity index (χ0) is 13.8. The van der Waals surface area contributed by atoms with E-state index in [2.05, 4.69) is 10.1 Å². The van der Waals surface area contributed by atoms with Gasteiger partial charge in [-0.15, -0.1) is 13.2 Å². The van der Waals surface area contributed by atoms with Gasteiger partial charge >= 0.3 is 12.5 Å². The zero-order valence-corrected chi connectivity index (χ0v) is 9.07. The van der Waals surface area contributed by atoms with Gasteiger partial charge in [-0.25, -0.2) is 4.79 Å². The van der Waals surface area contributed by atoms with Crippen LogP contribution in [0.5, 0.6) is 5.75 Å². The summed E-state index contributed by atoms with van der Waals surface area (Å²) in [5, 5.41) is 10.4. The fraction of sp³-hybridized carbons (Fsp3) is 0.300. The number of alkyl halides is 3. The van der Waals surface area contributed by atoms with Gasteiger partial charge in [-0.3, -0.25) is 0 Å². The van der Waals surface area contributed by atoms with E-state index in [-0.39, 0.29) is 12.3 Å². The van der Waals surface area contributed by atoms with Gasteiger partial charge < -0.3 is 20.9 Å². The third-order valence-electron chi connectivity index (χ3n) is 2.02. The average Bonchev–Trinajstić information content (AvgIpc) is 2.24. The Kier molecular flexibility index (Phi) is 4.38. The molecule has 1 rings (SSSR count). The molecular formula is C10H11F3N2O3. The summed E-state index contributed by atoms with van der Waals surface area (Å²) in [6.07, 6.45) is -5.96. The minimum absolute atomic E-state index is 0.0329. The van der Waals surface area contributed by atoms with E-state index in [1.54, 1.807) is 0 Å². The predicted molar refractivity (Wildman–Crippen MR) is 56.1 cm³/mol. The number of rotatable bonds is 4. The Bertz CT molecular complexity index is 406. The lowest BCUT2D eigenvalue weighted by Crippen LogP contribution is -2.30. The molecule has 0 aliphatic carbocycles. The van der Waals surface area contributed by atoms with E-state index in [4.69, 9.17) is 10.8 Å². The molecule has 1 atom stereocenters. The zero-order valence-electron chi connectivity index (χ0n) is 9.07. The molecule has 0 saturated heterocycles. The first kappa shape index (κ1) is 14.1. The van der Waals surface area contributed by atoms with Crippen LogP contribution in [0.1, 0.15) is 11.6 Å². The molecule has 1 unspecified atom stereocenters. The molecule has 100 valence electrons. The van der Waals surface area contributed by atoms with Crippen molar-refractivity contribution in [3.05, 3.63) is 29.8 Å². The monoisotopic (exact) mass is 264 g/mol. The quantitative estimate of drug-likeness (QED) is 0.774. The standard InChI is InChI=1S/C10H11F3N2O3/c11-10(12,13)18-7-3-1-6(2-4-7)8(14)5-15-9(16)17/h1-4,8,15H,5,14H2,(H,16,17). The van der Waals surface area contributed by atoms with Gasteiger partial charge in [-0.2, -0.15) is 0 Å². The van der Waals surface area contributed by atoms with Crippen molar-refractivity contribution in [1.29, 1.82) is 0 Å². The smallest absolute Gasteiger partial charge is 0.465 e. The van der Waals surface area contributed by atoms with Crippen LogP contribution in [-0.2, 0) is 0 Å². The Morgan fingerprint density at radius 1 is 1.39 bits per heavy atom. The topological polar surface area (TPSA) is 84.6 Å². The highest BCUT2D eigenvalue weighted by atomic mass is 19.4. The second kappa shape index (κ2) is 5.58. The highest BCUT2D eigenvalue weighted by Crippen LogP contribution is 2.23. The molecule has 1 amide bonds. The Morgan fingerprint density at radius 2 is 1.94 bits per heavy atom. The van der Waals surface area contributed by atoms with Gasteiger partial charge in [0.2, 0.25) is 0 Å². The highest BCUT2D eigenvalue weighted by Gasteiger charge is 2.30. The molecule has 0 aliphatic rings. The van der Waals surface area contributed by atoms with Gasteiger partial charge in [-0.1, -0.05) is 12.1 Å².